The Kier molecular flexibility index (Phi) is 5.98. The summed E-state index contributed by atoms with van der Waals surface area (Å²) in [7, 11) is 0. The van der Waals surface area contributed by atoms with E-state index in [4.69, 9.17) is 16.3 Å². The molecule has 0 spiro atoms. The molecule has 1 N–H and O–H groups in total. The predicted molar refractivity (Wildman–Crippen MR) is 130 cm³/mol. The van der Waals surface area contributed by atoms with Gasteiger partial charge in [0.15, 0.2) is 0 Å². The number of aromatic nitrogens is 2. The van der Waals surface area contributed by atoms with Crippen molar-refractivity contribution in [2.45, 2.75) is 64.2 Å². The molecule has 2 aromatic rings. The van der Waals surface area contributed by atoms with E-state index in [1.165, 1.54) is 0 Å². The van der Waals surface area contributed by atoms with Gasteiger partial charge >= 0.3 is 0 Å². The van der Waals surface area contributed by atoms with Crippen molar-refractivity contribution in [3.63, 3.8) is 0 Å². The monoisotopic (exact) mass is 483 g/mol. The first-order chi connectivity index (χ1) is 16.2. The van der Waals surface area contributed by atoms with Crippen molar-refractivity contribution in [3.8, 4) is 11.3 Å². The molecule has 1 atom stereocenters. The molecule has 5 rings (SSSR count). The van der Waals surface area contributed by atoms with Crippen LogP contribution in [0.2, 0.25) is 5.02 Å². The minimum atomic E-state index is -0.416. The molecule has 0 bridgehead atoms. The molecule has 3 aliphatic rings. The molecule has 9 heteroatoms. The van der Waals surface area contributed by atoms with Crippen molar-refractivity contribution < 1.29 is 14.3 Å². The number of halogens is 1. The van der Waals surface area contributed by atoms with Gasteiger partial charge in [-0.25, -0.2) is 9.97 Å². The largest absolute Gasteiger partial charge is 0.381 e. The van der Waals surface area contributed by atoms with Crippen LogP contribution in [0.4, 0.5) is 5.95 Å². The summed E-state index contributed by atoms with van der Waals surface area (Å²) < 4.78 is 5.42. The molecule has 8 nitrogen and oxygen atoms in total. The van der Waals surface area contributed by atoms with Crippen molar-refractivity contribution in [2.75, 3.05) is 25.1 Å². The number of ether oxygens (including phenoxy) is 1. The summed E-state index contributed by atoms with van der Waals surface area (Å²) in [6, 6.07) is 5.55. The molecule has 0 radical (unpaired) electrons. The van der Waals surface area contributed by atoms with Gasteiger partial charge in [0.05, 0.1) is 16.9 Å². The van der Waals surface area contributed by atoms with Crippen molar-refractivity contribution in [3.05, 3.63) is 40.5 Å². The summed E-state index contributed by atoms with van der Waals surface area (Å²) in [6.07, 6.45) is 4.04. The van der Waals surface area contributed by atoms with E-state index in [2.05, 4.69) is 15.3 Å². The lowest BCUT2D eigenvalue weighted by Crippen LogP contribution is -2.47. The minimum Gasteiger partial charge on any atom is -0.381 e. The molecule has 2 saturated heterocycles. The fourth-order valence-electron chi connectivity index (χ4n) is 5.01. The number of likely N-dealkylation sites (tertiary alicyclic amines) is 1. The van der Waals surface area contributed by atoms with Crippen LogP contribution in [0.25, 0.3) is 11.3 Å². The quantitative estimate of drug-likeness (QED) is 0.712. The number of rotatable bonds is 4. The van der Waals surface area contributed by atoms with Crippen LogP contribution < -0.4 is 5.32 Å². The zero-order valence-corrected chi connectivity index (χ0v) is 20.6. The smallest absolute Gasteiger partial charge is 0.255 e. The number of carbonyl (C=O) groups is 2. The van der Waals surface area contributed by atoms with E-state index in [1.807, 2.05) is 43.9 Å². The van der Waals surface area contributed by atoms with Crippen molar-refractivity contribution in [2.24, 2.45) is 0 Å². The second-order valence-electron chi connectivity index (χ2n) is 10.2. The summed E-state index contributed by atoms with van der Waals surface area (Å²) >= 11 is 6.45. The SMILES string of the molecule is CC(C)(C)N1CCC(N2Cc3ccc(-c4nc(NC5CCOCC5)ncc4Cl)cc3C2=O)C1=O. The van der Waals surface area contributed by atoms with Gasteiger partial charge in [-0.1, -0.05) is 23.7 Å². The van der Waals surface area contributed by atoms with E-state index >= 15 is 0 Å². The maximum atomic E-state index is 13.3. The Bertz CT molecular complexity index is 1130. The third kappa shape index (κ3) is 4.25. The molecular weight excluding hydrogens is 454 g/mol. The zero-order chi connectivity index (χ0) is 24.0. The Labute approximate surface area is 204 Å². The molecule has 1 unspecified atom stereocenters. The summed E-state index contributed by atoms with van der Waals surface area (Å²) in [5.41, 5.74) is 2.60. The van der Waals surface area contributed by atoms with Crippen LogP contribution in [0.3, 0.4) is 0 Å². The Morgan fingerprint density at radius 1 is 1.15 bits per heavy atom. The maximum absolute atomic E-state index is 13.3. The molecular formula is C25H30ClN5O3. The topological polar surface area (TPSA) is 87.7 Å². The Morgan fingerprint density at radius 2 is 1.91 bits per heavy atom. The lowest BCUT2D eigenvalue weighted by Gasteiger charge is -2.33. The fourth-order valence-corrected chi connectivity index (χ4v) is 5.21. The number of anilines is 1. The molecule has 2 fully saturated rings. The van der Waals surface area contributed by atoms with E-state index in [9.17, 15) is 9.59 Å². The maximum Gasteiger partial charge on any atom is 0.255 e. The molecule has 1 aromatic carbocycles. The predicted octanol–water partition coefficient (Wildman–Crippen LogP) is 3.74. The lowest BCUT2D eigenvalue weighted by molar-refractivity contribution is -0.135. The highest BCUT2D eigenvalue weighted by Crippen LogP contribution is 2.35. The average Bonchev–Trinajstić information content (AvgIpc) is 3.35. The van der Waals surface area contributed by atoms with Crippen molar-refractivity contribution in [1.29, 1.82) is 0 Å². The van der Waals surface area contributed by atoms with E-state index in [-0.39, 0.29) is 23.4 Å². The van der Waals surface area contributed by atoms with E-state index in [0.717, 1.165) is 37.2 Å². The minimum absolute atomic E-state index is 0.0246. The van der Waals surface area contributed by atoms with Crippen LogP contribution in [0.1, 0.15) is 56.0 Å². The third-order valence-corrected chi connectivity index (χ3v) is 7.15. The number of benzene rings is 1. The second-order valence-corrected chi connectivity index (χ2v) is 10.6. The molecule has 34 heavy (non-hydrogen) atoms. The highest BCUT2D eigenvalue weighted by Gasteiger charge is 2.44. The first kappa shape index (κ1) is 23.1. The molecule has 3 aliphatic heterocycles. The number of hydrogen-bond acceptors (Lipinski definition) is 6. The fraction of sp³-hybridized carbons (Fsp3) is 0.520. The molecule has 4 heterocycles. The van der Waals surface area contributed by atoms with Gasteiger partial charge in [-0.05, 0) is 51.7 Å². The van der Waals surface area contributed by atoms with E-state index < -0.39 is 6.04 Å². The summed E-state index contributed by atoms with van der Waals surface area (Å²) in [6.45, 7) is 8.62. The first-order valence-electron chi connectivity index (χ1n) is 11.8. The van der Waals surface area contributed by atoms with Crippen LogP contribution in [0.5, 0.6) is 0 Å². The zero-order valence-electron chi connectivity index (χ0n) is 19.8. The second kappa shape index (κ2) is 8.82. The third-order valence-electron chi connectivity index (χ3n) is 6.88. The van der Waals surface area contributed by atoms with Gasteiger partial charge in [0.1, 0.15) is 6.04 Å². The summed E-state index contributed by atoms with van der Waals surface area (Å²) in [5.74, 6) is 0.423. The number of carbonyl (C=O) groups excluding carboxylic acids is 2. The van der Waals surface area contributed by atoms with Gasteiger partial charge in [0.25, 0.3) is 5.91 Å². The van der Waals surface area contributed by atoms with Gasteiger partial charge in [0.2, 0.25) is 11.9 Å². The number of nitrogens with zero attached hydrogens (tertiary/aromatic N) is 4. The molecule has 180 valence electrons. The van der Waals surface area contributed by atoms with Crippen molar-refractivity contribution >= 4 is 29.4 Å². The normalized spacial score (nSPS) is 21.4. The average molecular weight is 484 g/mol. The number of fused-ring (bicyclic) bond motifs is 1. The van der Waals surface area contributed by atoms with Crippen LogP contribution in [0.15, 0.2) is 24.4 Å². The Balaban J connectivity index is 1.37. The van der Waals surface area contributed by atoms with Gasteiger partial charge in [0, 0.05) is 49.0 Å². The van der Waals surface area contributed by atoms with E-state index in [1.54, 1.807) is 11.1 Å². The van der Waals surface area contributed by atoms with Gasteiger partial charge < -0.3 is 19.9 Å². The van der Waals surface area contributed by atoms with Gasteiger partial charge in [-0.3, -0.25) is 9.59 Å². The van der Waals surface area contributed by atoms with E-state index in [0.29, 0.717) is 41.7 Å². The van der Waals surface area contributed by atoms with Crippen LogP contribution in [0, 0.1) is 0 Å². The molecule has 2 amide bonds. The summed E-state index contributed by atoms with van der Waals surface area (Å²) in [5, 5.41) is 3.79. The Hall–Kier alpha value is -2.71. The standard InChI is InChI=1S/C25H30ClN5O3/c1-25(2,3)31-9-6-20(23(31)33)30-14-16-5-4-15(12-18(16)22(30)32)21-19(26)13-27-24(29-21)28-17-7-10-34-11-8-17/h4-5,12-13,17,20H,6-11,14H2,1-3H3,(H,27,28,29). The summed E-state index contributed by atoms with van der Waals surface area (Å²) in [4.78, 5) is 39.0. The van der Waals surface area contributed by atoms with Crippen LogP contribution in [-0.2, 0) is 16.1 Å². The van der Waals surface area contributed by atoms with Crippen LogP contribution in [-0.4, -0.2) is 69.0 Å². The molecule has 0 aliphatic carbocycles. The van der Waals surface area contributed by atoms with Crippen molar-refractivity contribution in [1.82, 2.24) is 19.8 Å². The molecule has 0 saturated carbocycles. The first-order valence-corrected chi connectivity index (χ1v) is 12.2. The van der Waals surface area contributed by atoms with Gasteiger partial charge in [-0.2, -0.15) is 0 Å². The highest BCUT2D eigenvalue weighted by molar-refractivity contribution is 6.33. The number of amides is 2. The Morgan fingerprint density at radius 3 is 2.62 bits per heavy atom. The number of nitrogens with one attached hydrogen (secondary N) is 1. The van der Waals surface area contributed by atoms with Crippen LogP contribution >= 0.6 is 11.6 Å². The highest BCUT2D eigenvalue weighted by atomic mass is 35.5. The number of hydrogen-bond donors (Lipinski definition) is 1. The molecule has 1 aromatic heterocycles. The lowest BCUT2D eigenvalue weighted by atomic mass is 10.0. The van der Waals surface area contributed by atoms with Gasteiger partial charge in [-0.15, -0.1) is 0 Å².